The van der Waals surface area contributed by atoms with E-state index in [1.165, 1.54) is 5.56 Å². The third-order valence-corrected chi connectivity index (χ3v) is 2.87. The Bertz CT molecular complexity index is 377. The highest BCUT2D eigenvalue weighted by atomic mass is 35.5. The van der Waals surface area contributed by atoms with Crippen LogP contribution in [0.15, 0.2) is 24.3 Å². The molecule has 0 spiro atoms. The van der Waals surface area contributed by atoms with Gasteiger partial charge in [0, 0.05) is 5.41 Å². The molecule has 0 aliphatic carbocycles. The Morgan fingerprint density at radius 1 is 1.38 bits per heavy atom. The molecule has 0 aromatic heterocycles. The minimum absolute atomic E-state index is 0.107. The van der Waals surface area contributed by atoms with Gasteiger partial charge in [-0.25, -0.2) is 0 Å². The summed E-state index contributed by atoms with van der Waals surface area (Å²) in [6, 6.07) is 8.12. The lowest BCUT2D eigenvalue weighted by atomic mass is 9.87. The van der Waals surface area contributed by atoms with Crippen LogP contribution in [0.25, 0.3) is 0 Å². The number of carbonyl (C=O) groups excluding carboxylic acids is 1. The number of halogens is 1. The van der Waals surface area contributed by atoms with Crippen LogP contribution in [0.3, 0.4) is 0 Å². The minimum atomic E-state index is -0.429. The highest BCUT2D eigenvalue weighted by Crippen LogP contribution is 2.22. The predicted octanol–water partition coefficient (Wildman–Crippen LogP) is 3.76. The Kier molecular flexibility index (Phi) is 4.15. The molecule has 1 rings (SSSR count). The number of rotatable bonds is 3. The molecule has 0 radical (unpaired) electrons. The molecule has 0 saturated carbocycles. The van der Waals surface area contributed by atoms with Crippen LogP contribution in [0.4, 0.5) is 0 Å². The van der Waals surface area contributed by atoms with Gasteiger partial charge in [-0.1, -0.05) is 50.6 Å². The van der Waals surface area contributed by atoms with Gasteiger partial charge in [0.15, 0.2) is 5.78 Å². The van der Waals surface area contributed by atoms with E-state index in [9.17, 15) is 4.79 Å². The number of carbonyl (C=O) groups is 1. The molecule has 0 bridgehead atoms. The van der Waals surface area contributed by atoms with Crippen molar-refractivity contribution in [1.82, 2.24) is 0 Å². The quantitative estimate of drug-likeness (QED) is 0.733. The monoisotopic (exact) mass is 238 g/mol. The van der Waals surface area contributed by atoms with Crippen LogP contribution in [0.1, 0.15) is 31.9 Å². The maximum Gasteiger partial charge on any atom is 0.156 e. The number of Topliss-reactive ketones (excluding diaryl/α,β-unsaturated/α-hetero) is 1. The van der Waals surface area contributed by atoms with E-state index < -0.39 is 5.38 Å². The average Bonchev–Trinajstić information content (AvgIpc) is 2.15. The maximum atomic E-state index is 11.9. The van der Waals surface area contributed by atoms with Gasteiger partial charge in [0.2, 0.25) is 0 Å². The second-order valence-corrected chi connectivity index (χ2v) is 5.80. The van der Waals surface area contributed by atoms with Crippen LogP contribution >= 0.6 is 11.6 Å². The van der Waals surface area contributed by atoms with E-state index in [0.717, 1.165) is 5.56 Å². The minimum Gasteiger partial charge on any atom is -0.297 e. The number of benzene rings is 1. The van der Waals surface area contributed by atoms with Crippen molar-refractivity contribution in [2.24, 2.45) is 5.41 Å². The van der Waals surface area contributed by atoms with Crippen LogP contribution in [-0.4, -0.2) is 11.2 Å². The second-order valence-electron chi connectivity index (χ2n) is 5.27. The summed E-state index contributed by atoms with van der Waals surface area (Å²) in [4.78, 5) is 11.9. The zero-order valence-corrected chi connectivity index (χ0v) is 11.1. The molecule has 2 heteroatoms. The first-order valence-corrected chi connectivity index (χ1v) is 5.98. The third kappa shape index (κ3) is 3.64. The average molecular weight is 239 g/mol. The van der Waals surface area contributed by atoms with Gasteiger partial charge < -0.3 is 0 Å². The number of hydrogen-bond acceptors (Lipinski definition) is 1. The largest absolute Gasteiger partial charge is 0.297 e. The van der Waals surface area contributed by atoms with Gasteiger partial charge in [-0.05, 0) is 18.9 Å². The Hall–Kier alpha value is -0.820. The summed E-state index contributed by atoms with van der Waals surface area (Å²) < 4.78 is 0. The van der Waals surface area contributed by atoms with Gasteiger partial charge >= 0.3 is 0 Å². The summed E-state index contributed by atoms with van der Waals surface area (Å²) in [5.41, 5.74) is 1.96. The van der Waals surface area contributed by atoms with Crippen LogP contribution in [0, 0.1) is 12.3 Å². The van der Waals surface area contributed by atoms with Crippen molar-refractivity contribution in [3.05, 3.63) is 35.4 Å². The van der Waals surface area contributed by atoms with Crippen molar-refractivity contribution in [2.45, 2.75) is 39.5 Å². The molecule has 0 aliphatic heterocycles. The summed E-state index contributed by atoms with van der Waals surface area (Å²) in [6.45, 7) is 7.75. The number of ketones is 1. The summed E-state index contributed by atoms with van der Waals surface area (Å²) >= 11 is 6.15. The molecule has 88 valence electrons. The molecule has 0 saturated heterocycles. The van der Waals surface area contributed by atoms with Crippen LogP contribution in [0.2, 0.25) is 0 Å². The van der Waals surface area contributed by atoms with Crippen molar-refractivity contribution >= 4 is 17.4 Å². The smallest absolute Gasteiger partial charge is 0.156 e. The van der Waals surface area contributed by atoms with Crippen LogP contribution in [-0.2, 0) is 11.2 Å². The first-order valence-electron chi connectivity index (χ1n) is 5.54. The standard InChI is InChI=1S/C14H19ClO/c1-10-6-5-7-11(8-10)9-12(15)13(16)14(2,3)4/h5-8,12H,9H2,1-4H3. The molecule has 0 aliphatic rings. The zero-order valence-electron chi connectivity index (χ0n) is 10.4. The molecule has 16 heavy (non-hydrogen) atoms. The fourth-order valence-corrected chi connectivity index (χ4v) is 2.11. The molecule has 0 amide bonds. The van der Waals surface area contributed by atoms with E-state index in [4.69, 9.17) is 11.6 Å². The van der Waals surface area contributed by atoms with Gasteiger partial charge in [-0.2, -0.15) is 0 Å². The van der Waals surface area contributed by atoms with Gasteiger partial charge in [0.1, 0.15) is 0 Å². The third-order valence-electron chi connectivity index (χ3n) is 2.52. The molecule has 1 atom stereocenters. The predicted molar refractivity (Wildman–Crippen MR) is 69.0 cm³/mol. The molecule has 0 heterocycles. The Balaban J connectivity index is 2.72. The van der Waals surface area contributed by atoms with Crippen molar-refractivity contribution in [1.29, 1.82) is 0 Å². The Morgan fingerprint density at radius 2 is 2.00 bits per heavy atom. The van der Waals surface area contributed by atoms with Gasteiger partial charge in [-0.15, -0.1) is 11.6 Å². The highest BCUT2D eigenvalue weighted by Gasteiger charge is 2.28. The molecule has 0 fully saturated rings. The fourth-order valence-electron chi connectivity index (χ4n) is 1.61. The lowest BCUT2D eigenvalue weighted by molar-refractivity contribution is -0.125. The topological polar surface area (TPSA) is 17.1 Å². The zero-order chi connectivity index (χ0) is 12.3. The Morgan fingerprint density at radius 3 is 2.50 bits per heavy atom. The summed E-state index contributed by atoms with van der Waals surface area (Å²) in [7, 11) is 0. The van der Waals surface area contributed by atoms with Crippen LogP contribution < -0.4 is 0 Å². The SMILES string of the molecule is Cc1cccc(CC(Cl)C(=O)C(C)(C)C)c1. The molecular weight excluding hydrogens is 220 g/mol. The molecule has 0 N–H and O–H groups in total. The molecule has 1 unspecified atom stereocenters. The Labute approximate surface area is 103 Å². The summed E-state index contributed by atoms with van der Waals surface area (Å²) in [6.07, 6.45) is 0.610. The number of alkyl halides is 1. The van der Waals surface area contributed by atoms with Gasteiger partial charge in [0.05, 0.1) is 5.38 Å². The van der Waals surface area contributed by atoms with E-state index >= 15 is 0 Å². The van der Waals surface area contributed by atoms with Crippen molar-refractivity contribution in [2.75, 3.05) is 0 Å². The summed E-state index contributed by atoms with van der Waals surface area (Å²) in [5, 5.41) is -0.429. The number of hydrogen-bond donors (Lipinski definition) is 0. The first-order chi connectivity index (χ1) is 7.30. The number of aryl methyl sites for hydroxylation is 1. The van der Waals surface area contributed by atoms with E-state index in [1.54, 1.807) is 0 Å². The molecule has 1 nitrogen and oxygen atoms in total. The first kappa shape index (κ1) is 13.2. The van der Waals surface area contributed by atoms with Gasteiger partial charge in [0.25, 0.3) is 0 Å². The van der Waals surface area contributed by atoms with Gasteiger partial charge in [-0.3, -0.25) is 4.79 Å². The van der Waals surface area contributed by atoms with E-state index in [1.807, 2.05) is 45.9 Å². The lowest BCUT2D eigenvalue weighted by Crippen LogP contribution is -2.30. The molecular formula is C14H19ClO. The van der Waals surface area contributed by atoms with E-state index in [2.05, 4.69) is 6.07 Å². The molecule has 1 aromatic rings. The maximum absolute atomic E-state index is 11.9. The normalized spacial score (nSPS) is 13.6. The highest BCUT2D eigenvalue weighted by molar-refractivity contribution is 6.31. The fraction of sp³-hybridized carbons (Fsp3) is 0.500. The van der Waals surface area contributed by atoms with Crippen molar-refractivity contribution in [3.63, 3.8) is 0 Å². The molecule has 1 aromatic carbocycles. The summed E-state index contributed by atoms with van der Waals surface area (Å²) in [5.74, 6) is 0.107. The van der Waals surface area contributed by atoms with Crippen molar-refractivity contribution < 1.29 is 4.79 Å². The van der Waals surface area contributed by atoms with E-state index in [0.29, 0.717) is 6.42 Å². The van der Waals surface area contributed by atoms with Crippen molar-refractivity contribution in [3.8, 4) is 0 Å². The van der Waals surface area contributed by atoms with Crippen LogP contribution in [0.5, 0.6) is 0 Å². The van der Waals surface area contributed by atoms with E-state index in [-0.39, 0.29) is 11.2 Å². The second kappa shape index (κ2) is 5.01. The lowest BCUT2D eigenvalue weighted by Gasteiger charge is -2.20.